The van der Waals surface area contributed by atoms with Crippen molar-refractivity contribution in [3.8, 4) is 0 Å². The van der Waals surface area contributed by atoms with Gasteiger partial charge in [0.05, 0.1) is 12.2 Å². The summed E-state index contributed by atoms with van der Waals surface area (Å²) >= 11 is 0. The standard InChI is InChI=1S/C17H32N2O/c1-6-11(3)16-17(20)19(15(7-2)18-16)14-9-8-12(4)13(5)10-14/h11-16,18H,6-10H2,1-5H3. The molecule has 2 fully saturated rings. The Labute approximate surface area is 124 Å². The van der Waals surface area contributed by atoms with Crippen LogP contribution in [0, 0.1) is 17.8 Å². The second-order valence-corrected chi connectivity index (χ2v) is 7.12. The maximum Gasteiger partial charge on any atom is 0.241 e. The van der Waals surface area contributed by atoms with E-state index in [0.29, 0.717) is 17.9 Å². The van der Waals surface area contributed by atoms with E-state index >= 15 is 0 Å². The van der Waals surface area contributed by atoms with E-state index in [9.17, 15) is 4.79 Å². The smallest absolute Gasteiger partial charge is 0.241 e. The van der Waals surface area contributed by atoms with Crippen molar-refractivity contribution in [1.29, 1.82) is 0 Å². The molecule has 3 nitrogen and oxygen atoms in total. The predicted molar refractivity (Wildman–Crippen MR) is 83.3 cm³/mol. The van der Waals surface area contributed by atoms with E-state index in [2.05, 4.69) is 44.8 Å². The lowest BCUT2D eigenvalue weighted by Crippen LogP contribution is -2.47. The van der Waals surface area contributed by atoms with E-state index in [1.165, 1.54) is 19.3 Å². The monoisotopic (exact) mass is 280 g/mol. The van der Waals surface area contributed by atoms with Gasteiger partial charge in [-0.25, -0.2) is 0 Å². The minimum absolute atomic E-state index is 0.0413. The third-order valence-corrected chi connectivity index (χ3v) is 5.79. The minimum atomic E-state index is 0.0413. The summed E-state index contributed by atoms with van der Waals surface area (Å²) in [5.41, 5.74) is 0. The molecule has 0 aromatic heterocycles. The van der Waals surface area contributed by atoms with E-state index in [-0.39, 0.29) is 12.2 Å². The molecule has 3 heteroatoms. The largest absolute Gasteiger partial charge is 0.323 e. The Morgan fingerprint density at radius 1 is 1.25 bits per heavy atom. The number of carbonyl (C=O) groups excluding carboxylic acids is 1. The summed E-state index contributed by atoms with van der Waals surface area (Å²) in [5, 5.41) is 3.59. The first-order valence-electron chi connectivity index (χ1n) is 8.57. The SMILES string of the molecule is CCC(C)C1NC(CC)N(C2CCC(C)C(C)C2)C1=O. The first-order valence-corrected chi connectivity index (χ1v) is 8.57. The van der Waals surface area contributed by atoms with Crippen molar-refractivity contribution in [3.63, 3.8) is 0 Å². The molecule has 0 aromatic carbocycles. The number of hydrogen-bond acceptors (Lipinski definition) is 2. The molecule has 116 valence electrons. The summed E-state index contributed by atoms with van der Waals surface area (Å²) in [7, 11) is 0. The van der Waals surface area contributed by atoms with Crippen molar-refractivity contribution in [2.24, 2.45) is 17.8 Å². The van der Waals surface area contributed by atoms with Crippen LogP contribution in [0.5, 0.6) is 0 Å². The van der Waals surface area contributed by atoms with Crippen LogP contribution in [0.3, 0.4) is 0 Å². The Hall–Kier alpha value is -0.570. The molecule has 2 aliphatic rings. The lowest BCUT2D eigenvalue weighted by molar-refractivity contribution is -0.134. The average molecular weight is 280 g/mol. The van der Waals surface area contributed by atoms with Gasteiger partial charge in [-0.3, -0.25) is 10.1 Å². The molecule has 1 aliphatic heterocycles. The van der Waals surface area contributed by atoms with E-state index in [0.717, 1.165) is 24.7 Å². The van der Waals surface area contributed by atoms with Crippen LogP contribution in [-0.4, -0.2) is 29.1 Å². The van der Waals surface area contributed by atoms with Crippen molar-refractivity contribution >= 4 is 5.91 Å². The van der Waals surface area contributed by atoms with Crippen molar-refractivity contribution in [3.05, 3.63) is 0 Å². The van der Waals surface area contributed by atoms with Gasteiger partial charge in [-0.05, 0) is 43.4 Å². The molecule has 1 N–H and O–H groups in total. The van der Waals surface area contributed by atoms with E-state index in [1.54, 1.807) is 0 Å². The number of rotatable bonds is 4. The fourth-order valence-electron chi connectivity index (χ4n) is 3.84. The summed E-state index contributed by atoms with van der Waals surface area (Å²) in [6.45, 7) is 11.2. The van der Waals surface area contributed by atoms with Crippen molar-refractivity contribution < 1.29 is 4.79 Å². The molecule has 1 heterocycles. The van der Waals surface area contributed by atoms with Crippen molar-refractivity contribution in [2.45, 2.75) is 85.0 Å². The molecule has 1 aliphatic carbocycles. The first kappa shape index (κ1) is 15.8. The average Bonchev–Trinajstić information content (AvgIpc) is 2.78. The molecule has 0 radical (unpaired) electrons. The zero-order chi connectivity index (χ0) is 14.9. The molecule has 0 bridgehead atoms. The van der Waals surface area contributed by atoms with Gasteiger partial charge in [-0.2, -0.15) is 0 Å². The van der Waals surface area contributed by atoms with Crippen LogP contribution in [0.1, 0.15) is 66.7 Å². The molecule has 20 heavy (non-hydrogen) atoms. The van der Waals surface area contributed by atoms with Crippen molar-refractivity contribution in [1.82, 2.24) is 10.2 Å². The quantitative estimate of drug-likeness (QED) is 0.856. The molecule has 6 unspecified atom stereocenters. The van der Waals surface area contributed by atoms with Gasteiger partial charge in [-0.1, -0.05) is 41.0 Å². The number of amides is 1. The summed E-state index contributed by atoms with van der Waals surface area (Å²) in [6.07, 6.45) is 5.96. The number of carbonyl (C=O) groups is 1. The predicted octanol–water partition coefficient (Wildman–Crippen LogP) is 3.39. The Morgan fingerprint density at radius 2 is 1.95 bits per heavy atom. The van der Waals surface area contributed by atoms with Crippen LogP contribution in [0.25, 0.3) is 0 Å². The van der Waals surface area contributed by atoms with E-state index < -0.39 is 0 Å². The van der Waals surface area contributed by atoms with Crippen LogP contribution in [0.15, 0.2) is 0 Å². The number of nitrogens with one attached hydrogen (secondary N) is 1. The Morgan fingerprint density at radius 3 is 2.50 bits per heavy atom. The summed E-state index contributed by atoms with van der Waals surface area (Å²) in [6, 6.07) is 0.500. The van der Waals surface area contributed by atoms with Gasteiger partial charge in [-0.15, -0.1) is 0 Å². The van der Waals surface area contributed by atoms with Crippen LogP contribution >= 0.6 is 0 Å². The van der Waals surface area contributed by atoms with E-state index in [4.69, 9.17) is 0 Å². The third kappa shape index (κ3) is 2.88. The maximum atomic E-state index is 12.8. The lowest BCUT2D eigenvalue weighted by Gasteiger charge is -2.39. The van der Waals surface area contributed by atoms with E-state index in [1.807, 2.05) is 0 Å². The Bertz CT molecular complexity index is 344. The Balaban J connectivity index is 2.11. The van der Waals surface area contributed by atoms with Crippen LogP contribution in [0.4, 0.5) is 0 Å². The highest BCUT2D eigenvalue weighted by molar-refractivity contribution is 5.85. The maximum absolute atomic E-state index is 12.8. The molecule has 2 rings (SSSR count). The molecular weight excluding hydrogens is 248 g/mol. The molecule has 6 atom stereocenters. The van der Waals surface area contributed by atoms with Gasteiger partial charge >= 0.3 is 0 Å². The topological polar surface area (TPSA) is 32.3 Å². The number of hydrogen-bond donors (Lipinski definition) is 1. The first-order chi connectivity index (χ1) is 9.49. The van der Waals surface area contributed by atoms with Crippen LogP contribution in [-0.2, 0) is 4.79 Å². The fraction of sp³-hybridized carbons (Fsp3) is 0.941. The van der Waals surface area contributed by atoms with Gasteiger partial charge in [0.25, 0.3) is 0 Å². The molecular formula is C17H32N2O. The van der Waals surface area contributed by atoms with Gasteiger partial charge in [0.15, 0.2) is 0 Å². The molecule has 0 aromatic rings. The number of nitrogens with zero attached hydrogens (tertiary/aromatic N) is 1. The second-order valence-electron chi connectivity index (χ2n) is 7.12. The van der Waals surface area contributed by atoms with Gasteiger partial charge in [0, 0.05) is 6.04 Å². The third-order valence-electron chi connectivity index (χ3n) is 5.79. The zero-order valence-electron chi connectivity index (χ0n) is 13.9. The lowest BCUT2D eigenvalue weighted by atomic mass is 9.78. The van der Waals surface area contributed by atoms with Crippen LogP contribution < -0.4 is 5.32 Å². The second kappa shape index (κ2) is 6.46. The molecule has 1 amide bonds. The van der Waals surface area contributed by atoms with Crippen LogP contribution in [0.2, 0.25) is 0 Å². The van der Waals surface area contributed by atoms with Crippen molar-refractivity contribution in [2.75, 3.05) is 0 Å². The van der Waals surface area contributed by atoms with Gasteiger partial charge in [0.1, 0.15) is 0 Å². The summed E-state index contributed by atoms with van der Waals surface area (Å²) < 4.78 is 0. The molecule has 1 saturated heterocycles. The van der Waals surface area contributed by atoms with Gasteiger partial charge in [0.2, 0.25) is 5.91 Å². The summed E-state index contributed by atoms with van der Waals surface area (Å²) in [4.78, 5) is 15.0. The zero-order valence-corrected chi connectivity index (χ0v) is 13.9. The summed E-state index contributed by atoms with van der Waals surface area (Å²) in [5.74, 6) is 2.34. The normalized spacial score (nSPS) is 40.1. The van der Waals surface area contributed by atoms with Gasteiger partial charge < -0.3 is 4.90 Å². The minimum Gasteiger partial charge on any atom is -0.323 e. The highest BCUT2D eigenvalue weighted by Gasteiger charge is 2.44. The molecule has 1 saturated carbocycles. The Kier molecular flexibility index (Phi) is 5.11. The molecule has 0 spiro atoms. The fourth-order valence-corrected chi connectivity index (χ4v) is 3.84. The highest BCUT2D eigenvalue weighted by atomic mass is 16.2. The highest BCUT2D eigenvalue weighted by Crippen LogP contribution is 2.35.